The first-order valence-corrected chi connectivity index (χ1v) is 7.16. The number of benzene rings is 2. The number of halogens is 3. The second kappa shape index (κ2) is 6.24. The minimum Gasteiger partial charge on any atom is -0.320 e. The number of hydrogen-bond donors (Lipinski definition) is 1. The Morgan fingerprint density at radius 3 is 2.44 bits per heavy atom. The molecule has 0 saturated heterocycles. The molecule has 124 valence electrons. The highest BCUT2D eigenvalue weighted by atomic mass is 19.4. The van der Waals surface area contributed by atoms with E-state index in [9.17, 15) is 18.0 Å². The smallest absolute Gasteiger partial charge is 0.320 e. The van der Waals surface area contributed by atoms with E-state index < -0.39 is 17.6 Å². The average molecular weight is 341 g/mol. The number of aromatic nitrogens is 1. The molecule has 0 aliphatic heterocycles. The van der Waals surface area contributed by atoms with Crippen LogP contribution in [0.1, 0.15) is 21.5 Å². The van der Waals surface area contributed by atoms with Crippen LogP contribution in [0.3, 0.4) is 0 Å². The molecule has 1 aromatic heterocycles. The Bertz CT molecular complexity index is 989. The van der Waals surface area contributed by atoms with Crippen LogP contribution >= 0.6 is 0 Å². The van der Waals surface area contributed by atoms with Gasteiger partial charge in [-0.15, -0.1) is 0 Å². The van der Waals surface area contributed by atoms with Gasteiger partial charge in [-0.05, 0) is 48.5 Å². The van der Waals surface area contributed by atoms with E-state index in [1.54, 1.807) is 18.2 Å². The molecule has 0 aliphatic rings. The zero-order valence-corrected chi connectivity index (χ0v) is 12.6. The maximum atomic E-state index is 12.6. The third-order valence-corrected chi connectivity index (χ3v) is 3.61. The fourth-order valence-corrected chi connectivity index (χ4v) is 2.38. The third kappa shape index (κ3) is 3.28. The first-order chi connectivity index (χ1) is 11.9. The number of fused-ring (bicyclic) bond motifs is 1. The molecule has 1 heterocycles. The van der Waals surface area contributed by atoms with Crippen LogP contribution in [0.5, 0.6) is 0 Å². The Morgan fingerprint density at radius 1 is 1.08 bits per heavy atom. The van der Waals surface area contributed by atoms with E-state index in [4.69, 9.17) is 5.26 Å². The molecule has 0 bridgehead atoms. The van der Waals surface area contributed by atoms with E-state index in [2.05, 4.69) is 10.3 Å². The summed E-state index contributed by atoms with van der Waals surface area (Å²) in [7, 11) is 0. The van der Waals surface area contributed by atoms with Gasteiger partial charge < -0.3 is 5.32 Å². The van der Waals surface area contributed by atoms with Crippen LogP contribution < -0.4 is 5.32 Å². The number of nitrogens with one attached hydrogen (secondary N) is 1. The molecule has 1 N–H and O–H groups in total. The Hall–Kier alpha value is -3.40. The van der Waals surface area contributed by atoms with Crippen LogP contribution in [0.2, 0.25) is 0 Å². The zero-order valence-electron chi connectivity index (χ0n) is 12.6. The number of rotatable bonds is 2. The highest BCUT2D eigenvalue weighted by Crippen LogP contribution is 2.29. The fraction of sp³-hybridized carbons (Fsp3) is 0.0556. The van der Waals surface area contributed by atoms with Crippen LogP contribution in [-0.4, -0.2) is 10.9 Å². The van der Waals surface area contributed by atoms with Crippen molar-refractivity contribution in [2.45, 2.75) is 6.18 Å². The van der Waals surface area contributed by atoms with Gasteiger partial charge in [-0.3, -0.25) is 9.78 Å². The molecule has 0 fully saturated rings. The van der Waals surface area contributed by atoms with Crippen LogP contribution in [0.15, 0.2) is 54.7 Å². The van der Waals surface area contributed by atoms with Crippen LogP contribution in [-0.2, 0) is 6.18 Å². The van der Waals surface area contributed by atoms with Gasteiger partial charge in [-0.1, -0.05) is 0 Å². The summed E-state index contributed by atoms with van der Waals surface area (Å²) in [5.41, 5.74) is 0.480. The summed E-state index contributed by atoms with van der Waals surface area (Å²) < 4.78 is 37.7. The maximum absolute atomic E-state index is 12.6. The quantitative estimate of drug-likeness (QED) is 0.752. The lowest BCUT2D eigenvalue weighted by Crippen LogP contribution is -2.13. The molecule has 7 heteroatoms. The topological polar surface area (TPSA) is 65.8 Å². The number of anilines is 1. The standard InChI is InChI=1S/C18H10F3N3O/c19-18(20,21)13-6-3-11(4-7-13)17(25)24-15-8-5-12(10-22)14-2-1-9-23-16(14)15/h1-9H,(H,24,25). The Kier molecular flexibility index (Phi) is 4.11. The Labute approximate surface area is 140 Å². The maximum Gasteiger partial charge on any atom is 0.416 e. The molecule has 3 aromatic rings. The number of amides is 1. The van der Waals surface area contributed by atoms with Gasteiger partial charge in [-0.2, -0.15) is 18.4 Å². The van der Waals surface area contributed by atoms with Gasteiger partial charge in [-0.25, -0.2) is 0 Å². The van der Waals surface area contributed by atoms with Gasteiger partial charge in [0.15, 0.2) is 0 Å². The number of carbonyl (C=O) groups is 1. The molecule has 0 saturated carbocycles. The third-order valence-electron chi connectivity index (χ3n) is 3.61. The van der Waals surface area contributed by atoms with E-state index in [1.807, 2.05) is 6.07 Å². The molecule has 4 nitrogen and oxygen atoms in total. The minimum absolute atomic E-state index is 0.0847. The van der Waals surface area contributed by atoms with E-state index in [-0.39, 0.29) is 5.56 Å². The molecule has 0 aliphatic carbocycles. The highest BCUT2D eigenvalue weighted by molar-refractivity contribution is 6.08. The van der Waals surface area contributed by atoms with Gasteiger partial charge in [0, 0.05) is 17.1 Å². The predicted octanol–water partition coefficient (Wildman–Crippen LogP) is 4.38. The molecule has 0 unspecified atom stereocenters. The fourth-order valence-electron chi connectivity index (χ4n) is 2.38. The molecular weight excluding hydrogens is 331 g/mol. The van der Waals surface area contributed by atoms with Gasteiger partial charge in [0.25, 0.3) is 5.91 Å². The number of pyridine rings is 1. The Balaban J connectivity index is 1.92. The second-order valence-corrected chi connectivity index (χ2v) is 5.20. The summed E-state index contributed by atoms with van der Waals surface area (Å²) in [5, 5.41) is 12.3. The van der Waals surface area contributed by atoms with Crippen molar-refractivity contribution >= 4 is 22.5 Å². The average Bonchev–Trinajstić information content (AvgIpc) is 2.61. The van der Waals surface area contributed by atoms with Crippen LogP contribution in [0.4, 0.5) is 18.9 Å². The van der Waals surface area contributed by atoms with Gasteiger partial charge in [0.05, 0.1) is 28.4 Å². The van der Waals surface area contributed by atoms with Crippen molar-refractivity contribution in [3.05, 3.63) is 71.4 Å². The summed E-state index contributed by atoms with van der Waals surface area (Å²) in [4.78, 5) is 16.5. The number of nitrogens with zero attached hydrogens (tertiary/aromatic N) is 2. The molecule has 0 radical (unpaired) electrons. The normalized spacial score (nSPS) is 11.1. The SMILES string of the molecule is N#Cc1ccc(NC(=O)c2ccc(C(F)(F)F)cc2)c2ncccc12. The van der Waals surface area contributed by atoms with Crippen molar-refractivity contribution < 1.29 is 18.0 Å². The first-order valence-electron chi connectivity index (χ1n) is 7.16. The summed E-state index contributed by atoms with van der Waals surface area (Å²) in [6, 6.07) is 12.4. The minimum atomic E-state index is -4.46. The number of carbonyl (C=O) groups excluding carboxylic acids is 1. The molecule has 0 spiro atoms. The zero-order chi connectivity index (χ0) is 18.0. The van der Waals surface area contributed by atoms with Gasteiger partial charge in [0.1, 0.15) is 0 Å². The van der Waals surface area contributed by atoms with Crippen LogP contribution in [0.25, 0.3) is 10.9 Å². The van der Waals surface area contributed by atoms with Crippen LogP contribution in [0, 0.1) is 11.3 Å². The molecule has 2 aromatic carbocycles. The lowest BCUT2D eigenvalue weighted by Gasteiger charge is -2.10. The van der Waals surface area contributed by atoms with Crippen molar-refractivity contribution in [2.75, 3.05) is 5.32 Å². The van der Waals surface area contributed by atoms with E-state index in [1.165, 1.54) is 12.3 Å². The Morgan fingerprint density at radius 2 is 1.80 bits per heavy atom. The van der Waals surface area contributed by atoms with Crippen molar-refractivity contribution in [1.29, 1.82) is 5.26 Å². The van der Waals surface area contributed by atoms with Gasteiger partial charge >= 0.3 is 6.18 Å². The van der Waals surface area contributed by atoms with Crippen molar-refractivity contribution in [3.63, 3.8) is 0 Å². The molecular formula is C18H10F3N3O. The number of nitriles is 1. The molecule has 25 heavy (non-hydrogen) atoms. The van der Waals surface area contributed by atoms with Gasteiger partial charge in [0.2, 0.25) is 0 Å². The van der Waals surface area contributed by atoms with Crippen molar-refractivity contribution in [1.82, 2.24) is 4.98 Å². The first kappa shape index (κ1) is 16.5. The van der Waals surface area contributed by atoms with Crippen molar-refractivity contribution in [2.24, 2.45) is 0 Å². The largest absolute Gasteiger partial charge is 0.416 e. The van der Waals surface area contributed by atoms with E-state index in [0.29, 0.717) is 22.2 Å². The summed E-state index contributed by atoms with van der Waals surface area (Å²) >= 11 is 0. The predicted molar refractivity (Wildman–Crippen MR) is 85.9 cm³/mol. The molecule has 1 amide bonds. The van der Waals surface area contributed by atoms with Crippen molar-refractivity contribution in [3.8, 4) is 6.07 Å². The number of alkyl halides is 3. The second-order valence-electron chi connectivity index (χ2n) is 5.20. The summed E-state index contributed by atoms with van der Waals surface area (Å²) in [6.45, 7) is 0. The monoisotopic (exact) mass is 341 g/mol. The van der Waals surface area contributed by atoms with E-state index >= 15 is 0 Å². The highest BCUT2D eigenvalue weighted by Gasteiger charge is 2.30. The summed E-state index contributed by atoms with van der Waals surface area (Å²) in [6.07, 6.45) is -2.93. The lowest BCUT2D eigenvalue weighted by molar-refractivity contribution is -0.137. The molecule has 0 atom stereocenters. The lowest BCUT2D eigenvalue weighted by atomic mass is 10.1. The summed E-state index contributed by atoms with van der Waals surface area (Å²) in [5.74, 6) is -0.564. The number of hydrogen-bond acceptors (Lipinski definition) is 3. The van der Waals surface area contributed by atoms with E-state index in [0.717, 1.165) is 24.3 Å². The molecule has 3 rings (SSSR count).